The van der Waals surface area contributed by atoms with Crippen LogP contribution in [-0.4, -0.2) is 13.3 Å². The normalized spacial score (nSPS) is 10.4. The fraction of sp³-hybridized carbons (Fsp3) is 0.250. The molecule has 0 amide bonds. The van der Waals surface area contributed by atoms with Crippen LogP contribution in [0.3, 0.4) is 0 Å². The number of nitrogens with zero attached hydrogens (tertiary/aromatic N) is 1. The van der Waals surface area contributed by atoms with Crippen molar-refractivity contribution in [2.75, 3.05) is 12.4 Å². The molecule has 1 aromatic rings. The summed E-state index contributed by atoms with van der Waals surface area (Å²) in [5.74, 6) is 0. The molecule has 0 spiro atoms. The first-order valence-corrected chi connectivity index (χ1v) is 4.76. The van der Waals surface area contributed by atoms with Crippen LogP contribution in [-0.2, 0) is 6.42 Å². The quantitative estimate of drug-likeness (QED) is 0.722. The molecule has 0 aliphatic heterocycles. The molecule has 0 saturated heterocycles. The summed E-state index contributed by atoms with van der Waals surface area (Å²) < 4.78 is 0. The van der Waals surface area contributed by atoms with E-state index in [0.717, 1.165) is 17.7 Å². The zero-order chi connectivity index (χ0) is 10.4. The highest BCUT2D eigenvalue weighted by atomic mass is 14.8. The molecule has 0 fully saturated rings. The number of benzene rings is 1. The van der Waals surface area contributed by atoms with E-state index in [-0.39, 0.29) is 0 Å². The van der Waals surface area contributed by atoms with Crippen LogP contribution in [0.2, 0.25) is 0 Å². The SMILES string of the molecule is C=C/N=C\c1cc(CC)ccc1NC. The van der Waals surface area contributed by atoms with E-state index in [0.29, 0.717) is 0 Å². The van der Waals surface area contributed by atoms with Gasteiger partial charge in [-0.1, -0.05) is 19.6 Å². The molecule has 0 unspecified atom stereocenters. The third kappa shape index (κ3) is 2.46. The maximum Gasteiger partial charge on any atom is 0.0426 e. The van der Waals surface area contributed by atoms with Gasteiger partial charge in [-0.05, 0) is 24.1 Å². The molecule has 0 bridgehead atoms. The first-order chi connectivity index (χ1) is 6.81. The van der Waals surface area contributed by atoms with Crippen molar-refractivity contribution in [3.63, 3.8) is 0 Å². The zero-order valence-electron chi connectivity index (χ0n) is 8.75. The summed E-state index contributed by atoms with van der Waals surface area (Å²) in [6.45, 7) is 5.70. The van der Waals surface area contributed by atoms with Gasteiger partial charge in [0.15, 0.2) is 0 Å². The van der Waals surface area contributed by atoms with E-state index in [9.17, 15) is 0 Å². The predicted molar refractivity (Wildman–Crippen MR) is 63.2 cm³/mol. The number of nitrogens with one attached hydrogen (secondary N) is 1. The zero-order valence-corrected chi connectivity index (χ0v) is 8.75. The Balaban J connectivity index is 3.07. The van der Waals surface area contributed by atoms with Crippen LogP contribution in [0, 0.1) is 0 Å². The molecule has 2 heteroatoms. The lowest BCUT2D eigenvalue weighted by Gasteiger charge is -2.06. The highest BCUT2D eigenvalue weighted by Crippen LogP contribution is 2.15. The second-order valence-electron chi connectivity index (χ2n) is 2.99. The Morgan fingerprint density at radius 2 is 2.29 bits per heavy atom. The van der Waals surface area contributed by atoms with Crippen molar-refractivity contribution in [1.82, 2.24) is 0 Å². The van der Waals surface area contributed by atoms with Crippen molar-refractivity contribution in [1.29, 1.82) is 0 Å². The van der Waals surface area contributed by atoms with Gasteiger partial charge in [-0.3, -0.25) is 4.99 Å². The van der Waals surface area contributed by atoms with Crippen molar-refractivity contribution in [3.05, 3.63) is 42.1 Å². The Kier molecular flexibility index (Phi) is 3.92. The average Bonchev–Trinajstić information content (AvgIpc) is 2.25. The van der Waals surface area contributed by atoms with Crippen molar-refractivity contribution in [3.8, 4) is 0 Å². The Hall–Kier alpha value is -1.57. The summed E-state index contributed by atoms with van der Waals surface area (Å²) >= 11 is 0. The molecule has 1 aromatic carbocycles. The van der Waals surface area contributed by atoms with Gasteiger partial charge in [0.1, 0.15) is 0 Å². The summed E-state index contributed by atoms with van der Waals surface area (Å²) in [6, 6.07) is 6.33. The highest BCUT2D eigenvalue weighted by Gasteiger charge is 1.98. The van der Waals surface area contributed by atoms with Gasteiger partial charge in [0, 0.05) is 30.7 Å². The predicted octanol–water partition coefficient (Wildman–Crippen LogP) is 2.85. The minimum atomic E-state index is 1.04. The number of anilines is 1. The van der Waals surface area contributed by atoms with Gasteiger partial charge in [0.05, 0.1) is 0 Å². The van der Waals surface area contributed by atoms with Gasteiger partial charge in [-0.15, -0.1) is 0 Å². The van der Waals surface area contributed by atoms with Gasteiger partial charge in [-0.2, -0.15) is 0 Å². The smallest absolute Gasteiger partial charge is 0.0426 e. The largest absolute Gasteiger partial charge is 0.388 e. The molecule has 2 nitrogen and oxygen atoms in total. The second-order valence-corrected chi connectivity index (χ2v) is 2.99. The van der Waals surface area contributed by atoms with Crippen LogP contribution in [0.15, 0.2) is 36.0 Å². The lowest BCUT2D eigenvalue weighted by atomic mass is 10.1. The third-order valence-electron chi connectivity index (χ3n) is 2.11. The molecule has 0 radical (unpaired) electrons. The standard InChI is InChI=1S/C12H16N2/c1-4-10-6-7-12(13-3)11(8-10)9-14-5-2/h5-9,13H,2,4H2,1,3H3/b14-9-. The van der Waals surface area contributed by atoms with E-state index >= 15 is 0 Å². The number of rotatable bonds is 4. The van der Waals surface area contributed by atoms with E-state index in [1.54, 1.807) is 0 Å². The topological polar surface area (TPSA) is 24.4 Å². The Labute approximate surface area is 85.4 Å². The molecule has 14 heavy (non-hydrogen) atoms. The molecule has 0 heterocycles. The molecule has 0 aliphatic carbocycles. The first-order valence-electron chi connectivity index (χ1n) is 4.76. The summed E-state index contributed by atoms with van der Waals surface area (Å²) in [4.78, 5) is 4.02. The van der Waals surface area contributed by atoms with Crippen LogP contribution in [0.4, 0.5) is 5.69 Å². The summed E-state index contributed by atoms with van der Waals surface area (Å²) in [5.41, 5.74) is 3.51. The Morgan fingerprint density at radius 3 is 2.86 bits per heavy atom. The van der Waals surface area contributed by atoms with Gasteiger partial charge in [0.25, 0.3) is 0 Å². The maximum atomic E-state index is 4.02. The van der Waals surface area contributed by atoms with Gasteiger partial charge in [0.2, 0.25) is 0 Å². The summed E-state index contributed by atoms with van der Waals surface area (Å²) in [7, 11) is 1.91. The van der Waals surface area contributed by atoms with E-state index in [1.165, 1.54) is 11.8 Å². The van der Waals surface area contributed by atoms with Crippen molar-refractivity contribution < 1.29 is 0 Å². The lowest BCUT2D eigenvalue weighted by molar-refractivity contribution is 1.14. The van der Waals surface area contributed by atoms with E-state index in [4.69, 9.17) is 0 Å². The lowest BCUT2D eigenvalue weighted by Crippen LogP contribution is -1.95. The molecule has 0 aromatic heterocycles. The van der Waals surface area contributed by atoms with Gasteiger partial charge >= 0.3 is 0 Å². The number of hydrogen-bond donors (Lipinski definition) is 1. The monoisotopic (exact) mass is 188 g/mol. The molecular weight excluding hydrogens is 172 g/mol. The molecule has 1 N–H and O–H groups in total. The molecule has 1 rings (SSSR count). The van der Waals surface area contributed by atoms with Crippen LogP contribution in [0.1, 0.15) is 18.1 Å². The molecular formula is C12H16N2. The molecule has 0 saturated carbocycles. The Morgan fingerprint density at radius 1 is 1.50 bits per heavy atom. The van der Waals surface area contributed by atoms with E-state index < -0.39 is 0 Å². The highest BCUT2D eigenvalue weighted by molar-refractivity contribution is 5.88. The summed E-state index contributed by atoms with van der Waals surface area (Å²) in [5, 5.41) is 3.13. The van der Waals surface area contributed by atoms with Crippen LogP contribution in [0.25, 0.3) is 0 Å². The van der Waals surface area contributed by atoms with E-state index in [1.807, 2.05) is 13.3 Å². The van der Waals surface area contributed by atoms with Crippen LogP contribution >= 0.6 is 0 Å². The number of aliphatic imine (C=N–C) groups is 1. The van der Waals surface area contributed by atoms with Crippen LogP contribution < -0.4 is 5.32 Å². The molecule has 0 aliphatic rings. The minimum Gasteiger partial charge on any atom is -0.388 e. The Bertz CT molecular complexity index is 340. The van der Waals surface area contributed by atoms with Crippen molar-refractivity contribution in [2.45, 2.75) is 13.3 Å². The fourth-order valence-electron chi connectivity index (χ4n) is 1.30. The molecule has 0 atom stereocenters. The first kappa shape index (κ1) is 10.5. The second kappa shape index (κ2) is 5.22. The number of aryl methyl sites for hydroxylation is 1. The maximum absolute atomic E-state index is 4.02. The van der Waals surface area contributed by atoms with E-state index in [2.05, 4.69) is 42.0 Å². The fourth-order valence-corrected chi connectivity index (χ4v) is 1.30. The third-order valence-corrected chi connectivity index (χ3v) is 2.11. The average molecular weight is 188 g/mol. The van der Waals surface area contributed by atoms with Crippen molar-refractivity contribution in [2.24, 2.45) is 4.99 Å². The van der Waals surface area contributed by atoms with Crippen LogP contribution in [0.5, 0.6) is 0 Å². The number of hydrogen-bond acceptors (Lipinski definition) is 2. The molecule has 74 valence electrons. The van der Waals surface area contributed by atoms with Crippen molar-refractivity contribution >= 4 is 11.9 Å². The van der Waals surface area contributed by atoms with Gasteiger partial charge < -0.3 is 5.32 Å². The minimum absolute atomic E-state index is 1.04. The van der Waals surface area contributed by atoms with Gasteiger partial charge in [-0.25, -0.2) is 0 Å². The summed E-state index contributed by atoms with van der Waals surface area (Å²) in [6.07, 6.45) is 4.40.